The number of carbonyl (C=O) groups excluding carboxylic acids is 2. The zero-order chi connectivity index (χ0) is 17.7. The van der Waals surface area contributed by atoms with Crippen molar-refractivity contribution in [2.75, 3.05) is 0 Å². The number of amides is 1. The lowest BCUT2D eigenvalue weighted by Gasteiger charge is -2.25. The highest BCUT2D eigenvalue weighted by atomic mass is 16.5. The number of hydrogen-bond acceptors (Lipinski definition) is 3. The average Bonchev–Trinajstić information content (AvgIpc) is 2.52. The molecule has 0 radical (unpaired) electrons. The van der Waals surface area contributed by atoms with E-state index in [2.05, 4.69) is 5.32 Å². The van der Waals surface area contributed by atoms with Crippen LogP contribution in [0.3, 0.4) is 0 Å². The van der Waals surface area contributed by atoms with Gasteiger partial charge in [-0.05, 0) is 39.8 Å². The SMILES string of the molecule is Cc1ccc(C(OC(=O)c2ccccc2)C(=O)NC(C)(C)C)cc1. The highest BCUT2D eigenvalue weighted by molar-refractivity contribution is 5.92. The summed E-state index contributed by atoms with van der Waals surface area (Å²) in [5, 5.41) is 2.87. The second-order valence-electron chi connectivity index (χ2n) is 6.80. The zero-order valence-corrected chi connectivity index (χ0v) is 14.5. The summed E-state index contributed by atoms with van der Waals surface area (Å²) in [6, 6.07) is 16.1. The van der Waals surface area contributed by atoms with Gasteiger partial charge in [0.25, 0.3) is 5.91 Å². The van der Waals surface area contributed by atoms with Crippen molar-refractivity contribution in [3.63, 3.8) is 0 Å². The largest absolute Gasteiger partial charge is 0.444 e. The summed E-state index contributed by atoms with van der Waals surface area (Å²) in [6.07, 6.45) is -0.988. The summed E-state index contributed by atoms with van der Waals surface area (Å²) in [7, 11) is 0. The Hall–Kier alpha value is -2.62. The molecule has 2 rings (SSSR count). The standard InChI is InChI=1S/C20H23NO3/c1-14-10-12-15(13-11-14)17(18(22)21-20(2,3)4)24-19(23)16-8-6-5-7-9-16/h5-13,17H,1-4H3,(H,21,22). The molecule has 2 aromatic carbocycles. The minimum Gasteiger partial charge on any atom is -0.444 e. The molecule has 1 atom stereocenters. The molecule has 0 spiro atoms. The molecule has 0 saturated heterocycles. The van der Waals surface area contributed by atoms with Crippen LogP contribution in [0.5, 0.6) is 0 Å². The number of benzene rings is 2. The number of aryl methyl sites for hydroxylation is 1. The van der Waals surface area contributed by atoms with E-state index >= 15 is 0 Å². The van der Waals surface area contributed by atoms with Crippen LogP contribution in [-0.2, 0) is 9.53 Å². The third-order valence-corrected chi connectivity index (χ3v) is 3.35. The molecule has 0 aliphatic heterocycles. The first kappa shape index (κ1) is 17.7. The molecule has 4 nitrogen and oxygen atoms in total. The van der Waals surface area contributed by atoms with Gasteiger partial charge in [-0.2, -0.15) is 0 Å². The van der Waals surface area contributed by atoms with Crippen LogP contribution >= 0.6 is 0 Å². The monoisotopic (exact) mass is 325 g/mol. The minimum atomic E-state index is -0.988. The zero-order valence-electron chi connectivity index (χ0n) is 14.5. The van der Waals surface area contributed by atoms with Crippen LogP contribution in [0.4, 0.5) is 0 Å². The van der Waals surface area contributed by atoms with Gasteiger partial charge in [0.15, 0.2) is 0 Å². The number of carbonyl (C=O) groups is 2. The average molecular weight is 325 g/mol. The van der Waals surface area contributed by atoms with Crippen LogP contribution in [0.25, 0.3) is 0 Å². The highest BCUT2D eigenvalue weighted by Gasteiger charge is 2.28. The van der Waals surface area contributed by atoms with E-state index in [1.54, 1.807) is 36.4 Å². The van der Waals surface area contributed by atoms with Crippen LogP contribution < -0.4 is 5.32 Å². The van der Waals surface area contributed by atoms with Crippen molar-refractivity contribution in [3.05, 3.63) is 71.3 Å². The molecule has 0 aliphatic carbocycles. The molecule has 4 heteroatoms. The Bertz CT molecular complexity index is 700. The first-order valence-electron chi connectivity index (χ1n) is 7.91. The summed E-state index contributed by atoms with van der Waals surface area (Å²) in [5.41, 5.74) is 1.71. The third kappa shape index (κ3) is 4.95. The molecular formula is C20H23NO3. The van der Waals surface area contributed by atoms with Crippen molar-refractivity contribution in [1.29, 1.82) is 0 Å². The molecule has 0 bridgehead atoms. The van der Waals surface area contributed by atoms with E-state index in [-0.39, 0.29) is 5.91 Å². The van der Waals surface area contributed by atoms with Gasteiger partial charge < -0.3 is 10.1 Å². The first-order valence-corrected chi connectivity index (χ1v) is 7.91. The van der Waals surface area contributed by atoms with Crippen molar-refractivity contribution in [2.45, 2.75) is 39.3 Å². The molecule has 1 amide bonds. The first-order chi connectivity index (χ1) is 11.3. The second-order valence-corrected chi connectivity index (χ2v) is 6.80. The van der Waals surface area contributed by atoms with E-state index in [0.29, 0.717) is 11.1 Å². The molecule has 0 heterocycles. The molecule has 1 unspecified atom stereocenters. The summed E-state index contributed by atoms with van der Waals surface area (Å²) in [5.74, 6) is -0.860. The van der Waals surface area contributed by atoms with E-state index in [9.17, 15) is 9.59 Å². The van der Waals surface area contributed by atoms with Crippen LogP contribution in [-0.4, -0.2) is 17.4 Å². The van der Waals surface area contributed by atoms with Gasteiger partial charge in [-0.25, -0.2) is 4.79 Å². The number of ether oxygens (including phenoxy) is 1. The number of hydrogen-bond donors (Lipinski definition) is 1. The lowest BCUT2D eigenvalue weighted by molar-refractivity contribution is -0.131. The molecule has 2 aromatic rings. The van der Waals surface area contributed by atoms with Gasteiger partial charge in [0.05, 0.1) is 5.56 Å². The predicted octanol–water partition coefficient (Wildman–Crippen LogP) is 3.81. The maximum absolute atomic E-state index is 12.6. The van der Waals surface area contributed by atoms with E-state index in [1.165, 1.54) is 0 Å². The number of rotatable bonds is 4. The Morgan fingerprint density at radius 2 is 1.54 bits per heavy atom. The van der Waals surface area contributed by atoms with Crippen LogP contribution in [0.2, 0.25) is 0 Å². The van der Waals surface area contributed by atoms with Crippen molar-refractivity contribution in [2.24, 2.45) is 0 Å². The predicted molar refractivity (Wildman–Crippen MR) is 93.7 cm³/mol. The molecule has 24 heavy (non-hydrogen) atoms. The van der Waals surface area contributed by atoms with Gasteiger partial charge >= 0.3 is 5.97 Å². The Kier molecular flexibility index (Phi) is 5.39. The molecule has 126 valence electrons. The fourth-order valence-electron chi connectivity index (χ4n) is 2.20. The Labute approximate surface area is 142 Å². The number of nitrogens with one attached hydrogen (secondary N) is 1. The van der Waals surface area contributed by atoms with E-state index in [1.807, 2.05) is 45.9 Å². The van der Waals surface area contributed by atoms with E-state index in [4.69, 9.17) is 4.74 Å². The van der Waals surface area contributed by atoms with E-state index < -0.39 is 17.6 Å². The van der Waals surface area contributed by atoms with Crippen LogP contribution in [0, 0.1) is 6.92 Å². The Morgan fingerprint density at radius 1 is 0.958 bits per heavy atom. The lowest BCUT2D eigenvalue weighted by Crippen LogP contribution is -2.44. The molecule has 1 N–H and O–H groups in total. The fourth-order valence-corrected chi connectivity index (χ4v) is 2.20. The van der Waals surface area contributed by atoms with Crippen molar-refractivity contribution in [1.82, 2.24) is 5.32 Å². The number of esters is 1. The van der Waals surface area contributed by atoms with Gasteiger partial charge in [-0.3, -0.25) is 4.79 Å². The minimum absolute atomic E-state index is 0.337. The van der Waals surface area contributed by atoms with Gasteiger partial charge in [0, 0.05) is 11.1 Å². The summed E-state index contributed by atoms with van der Waals surface area (Å²) in [4.78, 5) is 25.0. The molecule has 0 aromatic heterocycles. The third-order valence-electron chi connectivity index (χ3n) is 3.35. The summed E-state index contributed by atoms with van der Waals surface area (Å²) >= 11 is 0. The van der Waals surface area contributed by atoms with Crippen LogP contribution in [0.15, 0.2) is 54.6 Å². The normalized spacial score (nSPS) is 12.3. The maximum atomic E-state index is 12.6. The fraction of sp³-hybridized carbons (Fsp3) is 0.300. The topological polar surface area (TPSA) is 55.4 Å². The van der Waals surface area contributed by atoms with Crippen molar-refractivity contribution < 1.29 is 14.3 Å². The van der Waals surface area contributed by atoms with Crippen LogP contribution in [0.1, 0.15) is 48.4 Å². The Morgan fingerprint density at radius 3 is 2.08 bits per heavy atom. The molecule has 0 aliphatic rings. The molecular weight excluding hydrogens is 302 g/mol. The van der Waals surface area contributed by atoms with Gasteiger partial charge in [0.2, 0.25) is 6.10 Å². The smallest absolute Gasteiger partial charge is 0.339 e. The van der Waals surface area contributed by atoms with E-state index in [0.717, 1.165) is 5.56 Å². The Balaban J connectivity index is 2.27. The molecule has 0 saturated carbocycles. The molecule has 0 fully saturated rings. The van der Waals surface area contributed by atoms with Gasteiger partial charge in [-0.1, -0.05) is 48.0 Å². The van der Waals surface area contributed by atoms with Gasteiger partial charge in [0.1, 0.15) is 0 Å². The maximum Gasteiger partial charge on any atom is 0.339 e. The van der Waals surface area contributed by atoms with Gasteiger partial charge in [-0.15, -0.1) is 0 Å². The van der Waals surface area contributed by atoms with Crippen molar-refractivity contribution >= 4 is 11.9 Å². The lowest BCUT2D eigenvalue weighted by atomic mass is 10.0. The summed E-state index contributed by atoms with van der Waals surface area (Å²) in [6.45, 7) is 7.62. The quantitative estimate of drug-likeness (QED) is 0.870. The van der Waals surface area contributed by atoms with Crippen molar-refractivity contribution in [3.8, 4) is 0 Å². The summed E-state index contributed by atoms with van der Waals surface area (Å²) < 4.78 is 5.52. The second kappa shape index (κ2) is 7.30. The highest BCUT2D eigenvalue weighted by Crippen LogP contribution is 2.21.